The highest BCUT2D eigenvalue weighted by atomic mass is 16.5. The van der Waals surface area contributed by atoms with Crippen molar-refractivity contribution in [2.45, 2.75) is 52.4 Å². The molecule has 1 saturated heterocycles. The van der Waals surface area contributed by atoms with Crippen LogP contribution in [0, 0.1) is 13.8 Å². The van der Waals surface area contributed by atoms with E-state index in [1.807, 2.05) is 13.8 Å². The molecule has 2 heterocycles. The second kappa shape index (κ2) is 5.61. The molecule has 2 rings (SSSR count). The van der Waals surface area contributed by atoms with Crippen molar-refractivity contribution in [3.63, 3.8) is 0 Å². The standard InChI is InChI=1S/C14H22N2O/c1-10-8-14(4-5-15-10)17-9-13-6-11(2)16-12(3)7-13/h6-7,10,14-15H,4-5,8-9H2,1-3H3/t10-,14-/m0/s1. The Kier molecular flexibility index (Phi) is 4.13. The third kappa shape index (κ3) is 3.79. The minimum atomic E-state index is 0.403. The summed E-state index contributed by atoms with van der Waals surface area (Å²) in [6.07, 6.45) is 2.64. The van der Waals surface area contributed by atoms with Crippen LogP contribution < -0.4 is 5.32 Å². The van der Waals surface area contributed by atoms with E-state index in [2.05, 4.69) is 29.4 Å². The maximum absolute atomic E-state index is 5.98. The molecule has 0 unspecified atom stereocenters. The van der Waals surface area contributed by atoms with Crippen LogP contribution in [0.25, 0.3) is 0 Å². The van der Waals surface area contributed by atoms with Gasteiger partial charge in [0.05, 0.1) is 12.7 Å². The first-order valence-electron chi connectivity index (χ1n) is 6.42. The summed E-state index contributed by atoms with van der Waals surface area (Å²) in [7, 11) is 0. The van der Waals surface area contributed by atoms with E-state index in [0.29, 0.717) is 18.8 Å². The van der Waals surface area contributed by atoms with Gasteiger partial charge in [0.2, 0.25) is 0 Å². The van der Waals surface area contributed by atoms with Gasteiger partial charge in [-0.1, -0.05) is 0 Å². The monoisotopic (exact) mass is 234 g/mol. The molecule has 1 aliphatic rings. The molecule has 1 aliphatic heterocycles. The Morgan fingerprint density at radius 1 is 1.35 bits per heavy atom. The van der Waals surface area contributed by atoms with Crippen LogP contribution in [0.2, 0.25) is 0 Å². The second-order valence-electron chi connectivity index (χ2n) is 5.07. The normalized spacial score (nSPS) is 24.9. The smallest absolute Gasteiger partial charge is 0.0721 e. The molecule has 3 heteroatoms. The van der Waals surface area contributed by atoms with Crippen LogP contribution in [0.5, 0.6) is 0 Å². The summed E-state index contributed by atoms with van der Waals surface area (Å²) in [5, 5.41) is 3.44. The van der Waals surface area contributed by atoms with Gasteiger partial charge in [0.15, 0.2) is 0 Å². The molecule has 0 bridgehead atoms. The fourth-order valence-electron chi connectivity index (χ4n) is 2.46. The molecule has 3 nitrogen and oxygen atoms in total. The van der Waals surface area contributed by atoms with Gasteiger partial charge in [-0.3, -0.25) is 4.98 Å². The van der Waals surface area contributed by atoms with Gasteiger partial charge in [-0.05, 0) is 57.9 Å². The summed E-state index contributed by atoms with van der Waals surface area (Å²) < 4.78 is 5.98. The first-order chi connectivity index (χ1) is 8.13. The molecule has 0 spiro atoms. The summed E-state index contributed by atoms with van der Waals surface area (Å²) in [4.78, 5) is 4.38. The number of rotatable bonds is 3. The largest absolute Gasteiger partial charge is 0.373 e. The van der Waals surface area contributed by atoms with E-state index in [-0.39, 0.29) is 0 Å². The summed E-state index contributed by atoms with van der Waals surface area (Å²) in [5.74, 6) is 0. The van der Waals surface area contributed by atoms with Crippen LogP contribution in [0.1, 0.15) is 36.7 Å². The summed E-state index contributed by atoms with van der Waals surface area (Å²) in [5.41, 5.74) is 3.38. The average Bonchev–Trinajstić information content (AvgIpc) is 2.25. The third-order valence-corrected chi connectivity index (χ3v) is 3.20. The lowest BCUT2D eigenvalue weighted by molar-refractivity contribution is 0.0126. The molecule has 0 aromatic carbocycles. The van der Waals surface area contributed by atoms with E-state index in [9.17, 15) is 0 Å². The highest BCUT2D eigenvalue weighted by Crippen LogP contribution is 2.15. The number of nitrogens with zero attached hydrogens (tertiary/aromatic N) is 1. The highest BCUT2D eigenvalue weighted by Gasteiger charge is 2.18. The summed E-state index contributed by atoms with van der Waals surface area (Å²) >= 11 is 0. The van der Waals surface area contributed by atoms with E-state index < -0.39 is 0 Å². The van der Waals surface area contributed by atoms with E-state index in [4.69, 9.17) is 4.74 Å². The molecule has 1 N–H and O–H groups in total. The molecule has 1 aromatic rings. The van der Waals surface area contributed by atoms with Crippen molar-refractivity contribution in [3.05, 3.63) is 29.1 Å². The van der Waals surface area contributed by atoms with Crippen molar-refractivity contribution in [1.29, 1.82) is 0 Å². The molecule has 2 atom stereocenters. The number of aromatic nitrogens is 1. The first-order valence-corrected chi connectivity index (χ1v) is 6.42. The van der Waals surface area contributed by atoms with Crippen molar-refractivity contribution in [3.8, 4) is 0 Å². The molecule has 17 heavy (non-hydrogen) atoms. The summed E-state index contributed by atoms with van der Waals surface area (Å²) in [6.45, 7) is 8.06. The van der Waals surface area contributed by atoms with Crippen molar-refractivity contribution < 1.29 is 4.74 Å². The predicted molar refractivity (Wildman–Crippen MR) is 69.0 cm³/mol. The number of nitrogens with one attached hydrogen (secondary N) is 1. The van der Waals surface area contributed by atoms with E-state index in [1.54, 1.807) is 0 Å². The number of aryl methyl sites for hydroxylation is 2. The number of piperidine rings is 1. The van der Waals surface area contributed by atoms with Crippen molar-refractivity contribution in [1.82, 2.24) is 10.3 Å². The van der Waals surface area contributed by atoms with E-state index in [1.165, 1.54) is 5.56 Å². The SMILES string of the molecule is Cc1cc(CO[C@H]2CCN[C@@H](C)C2)cc(C)n1. The topological polar surface area (TPSA) is 34.1 Å². The van der Waals surface area contributed by atoms with E-state index >= 15 is 0 Å². The van der Waals surface area contributed by atoms with Crippen LogP contribution in [0.15, 0.2) is 12.1 Å². The van der Waals surface area contributed by atoms with Gasteiger partial charge < -0.3 is 10.1 Å². The molecule has 94 valence electrons. The third-order valence-electron chi connectivity index (χ3n) is 3.20. The van der Waals surface area contributed by atoms with Crippen LogP contribution >= 0.6 is 0 Å². The molecule has 0 saturated carbocycles. The minimum Gasteiger partial charge on any atom is -0.373 e. The lowest BCUT2D eigenvalue weighted by Gasteiger charge is -2.28. The Balaban J connectivity index is 1.88. The second-order valence-corrected chi connectivity index (χ2v) is 5.07. The van der Waals surface area contributed by atoms with Gasteiger partial charge in [-0.15, -0.1) is 0 Å². The number of hydrogen-bond acceptors (Lipinski definition) is 3. The lowest BCUT2D eigenvalue weighted by atomic mass is 10.0. The fraction of sp³-hybridized carbons (Fsp3) is 0.643. The maximum atomic E-state index is 5.98. The molecule has 1 aromatic heterocycles. The van der Waals surface area contributed by atoms with Crippen LogP contribution in [-0.2, 0) is 11.3 Å². The van der Waals surface area contributed by atoms with Gasteiger partial charge in [0, 0.05) is 17.4 Å². The quantitative estimate of drug-likeness (QED) is 0.871. The van der Waals surface area contributed by atoms with Crippen molar-refractivity contribution in [2.75, 3.05) is 6.54 Å². The van der Waals surface area contributed by atoms with Gasteiger partial charge in [-0.2, -0.15) is 0 Å². The Morgan fingerprint density at radius 3 is 2.71 bits per heavy atom. The Morgan fingerprint density at radius 2 is 2.06 bits per heavy atom. The van der Waals surface area contributed by atoms with Crippen LogP contribution in [-0.4, -0.2) is 23.7 Å². The van der Waals surface area contributed by atoms with Crippen molar-refractivity contribution >= 4 is 0 Å². The highest BCUT2D eigenvalue weighted by molar-refractivity contribution is 5.19. The molecular formula is C14H22N2O. The summed E-state index contributed by atoms with van der Waals surface area (Å²) in [6, 6.07) is 4.80. The van der Waals surface area contributed by atoms with Gasteiger partial charge >= 0.3 is 0 Å². The zero-order valence-corrected chi connectivity index (χ0v) is 11.0. The van der Waals surface area contributed by atoms with Crippen LogP contribution in [0.3, 0.4) is 0 Å². The minimum absolute atomic E-state index is 0.403. The molecule has 0 amide bonds. The molecule has 0 aliphatic carbocycles. The van der Waals surface area contributed by atoms with Gasteiger partial charge in [0.25, 0.3) is 0 Å². The predicted octanol–water partition coefficient (Wildman–Crippen LogP) is 2.36. The van der Waals surface area contributed by atoms with Gasteiger partial charge in [0.1, 0.15) is 0 Å². The molecule has 0 radical (unpaired) electrons. The lowest BCUT2D eigenvalue weighted by Crippen LogP contribution is -2.39. The zero-order valence-electron chi connectivity index (χ0n) is 11.0. The molecular weight excluding hydrogens is 212 g/mol. The average molecular weight is 234 g/mol. The first kappa shape index (κ1) is 12.5. The fourth-order valence-corrected chi connectivity index (χ4v) is 2.46. The number of ether oxygens (including phenoxy) is 1. The number of pyridine rings is 1. The van der Waals surface area contributed by atoms with Crippen LogP contribution in [0.4, 0.5) is 0 Å². The Hall–Kier alpha value is -0.930. The van der Waals surface area contributed by atoms with Crippen molar-refractivity contribution in [2.24, 2.45) is 0 Å². The van der Waals surface area contributed by atoms with E-state index in [0.717, 1.165) is 30.8 Å². The zero-order chi connectivity index (χ0) is 12.3. The maximum Gasteiger partial charge on any atom is 0.0721 e. The van der Waals surface area contributed by atoms with Gasteiger partial charge in [-0.25, -0.2) is 0 Å². The number of hydrogen-bond donors (Lipinski definition) is 1. The molecule has 1 fully saturated rings. The Labute approximate surface area is 104 Å². The Bertz CT molecular complexity index is 358.